The monoisotopic (exact) mass is 129 g/mol. The molecule has 9 heavy (non-hydrogen) atoms. The molecule has 0 aromatic carbocycles. The summed E-state index contributed by atoms with van der Waals surface area (Å²) in [5.74, 6) is 0. The van der Waals surface area contributed by atoms with Gasteiger partial charge >= 0.3 is 0 Å². The predicted octanol–water partition coefficient (Wildman–Crippen LogP) is -0.166. The van der Waals surface area contributed by atoms with E-state index in [-0.39, 0.29) is 0 Å². The SMILES string of the molecule is C/C=C(/CNC)NNC. The van der Waals surface area contributed by atoms with E-state index >= 15 is 0 Å². The molecule has 0 aliphatic carbocycles. The molecule has 0 bridgehead atoms. The van der Waals surface area contributed by atoms with Gasteiger partial charge in [-0.25, -0.2) is 5.43 Å². The highest BCUT2D eigenvalue weighted by Gasteiger charge is 1.87. The van der Waals surface area contributed by atoms with Gasteiger partial charge in [-0.05, 0) is 14.0 Å². The van der Waals surface area contributed by atoms with Crippen LogP contribution < -0.4 is 16.2 Å². The molecular formula is C6H15N3. The first-order chi connectivity index (χ1) is 4.35. The summed E-state index contributed by atoms with van der Waals surface area (Å²) < 4.78 is 0. The number of nitrogens with one attached hydrogen (secondary N) is 3. The summed E-state index contributed by atoms with van der Waals surface area (Å²) in [7, 11) is 3.76. The summed E-state index contributed by atoms with van der Waals surface area (Å²) in [6.07, 6.45) is 2.02. The van der Waals surface area contributed by atoms with Crippen molar-refractivity contribution in [1.29, 1.82) is 0 Å². The van der Waals surface area contributed by atoms with Crippen LogP contribution in [0, 0.1) is 0 Å². The largest absolute Gasteiger partial charge is 0.325 e. The Morgan fingerprint density at radius 3 is 2.44 bits per heavy atom. The molecule has 0 saturated heterocycles. The number of rotatable bonds is 4. The van der Waals surface area contributed by atoms with E-state index in [0.717, 1.165) is 12.2 Å². The summed E-state index contributed by atoms with van der Waals surface area (Å²) in [5, 5.41) is 3.03. The minimum atomic E-state index is 0.872. The fourth-order valence-corrected chi connectivity index (χ4v) is 0.569. The van der Waals surface area contributed by atoms with Crippen molar-refractivity contribution in [2.45, 2.75) is 6.92 Å². The molecule has 0 radical (unpaired) electrons. The van der Waals surface area contributed by atoms with E-state index in [1.54, 1.807) is 0 Å². The average Bonchev–Trinajstić information content (AvgIpc) is 1.88. The predicted molar refractivity (Wildman–Crippen MR) is 39.9 cm³/mol. The molecule has 3 N–H and O–H groups in total. The van der Waals surface area contributed by atoms with Crippen molar-refractivity contribution in [2.75, 3.05) is 20.6 Å². The van der Waals surface area contributed by atoms with Crippen LogP contribution in [-0.2, 0) is 0 Å². The van der Waals surface area contributed by atoms with Crippen LogP contribution in [0.1, 0.15) is 6.92 Å². The van der Waals surface area contributed by atoms with E-state index in [1.807, 2.05) is 27.1 Å². The van der Waals surface area contributed by atoms with Crippen LogP contribution in [0.25, 0.3) is 0 Å². The Labute approximate surface area is 56.5 Å². The van der Waals surface area contributed by atoms with Gasteiger partial charge in [-0.1, -0.05) is 6.08 Å². The van der Waals surface area contributed by atoms with Crippen molar-refractivity contribution < 1.29 is 0 Å². The maximum atomic E-state index is 3.03. The number of likely N-dealkylation sites (N-methyl/N-ethyl adjacent to an activating group) is 1. The maximum absolute atomic E-state index is 3.03. The second-order valence-corrected chi connectivity index (χ2v) is 1.72. The number of hydrogen-bond acceptors (Lipinski definition) is 3. The van der Waals surface area contributed by atoms with Crippen LogP contribution in [0.3, 0.4) is 0 Å². The number of allylic oxidation sites excluding steroid dienone is 1. The first-order valence-electron chi connectivity index (χ1n) is 3.07. The zero-order valence-corrected chi connectivity index (χ0v) is 6.28. The van der Waals surface area contributed by atoms with Crippen molar-refractivity contribution in [1.82, 2.24) is 16.2 Å². The normalized spacial score (nSPS) is 11.7. The van der Waals surface area contributed by atoms with Crippen molar-refractivity contribution in [3.63, 3.8) is 0 Å². The fourth-order valence-electron chi connectivity index (χ4n) is 0.569. The van der Waals surface area contributed by atoms with Gasteiger partial charge in [-0.15, -0.1) is 0 Å². The van der Waals surface area contributed by atoms with Crippen molar-refractivity contribution in [2.24, 2.45) is 0 Å². The molecule has 0 aliphatic heterocycles. The van der Waals surface area contributed by atoms with Crippen molar-refractivity contribution in [3.8, 4) is 0 Å². The Morgan fingerprint density at radius 2 is 2.11 bits per heavy atom. The Bertz CT molecular complexity index is 80.3. The molecule has 0 heterocycles. The highest BCUT2D eigenvalue weighted by molar-refractivity contribution is 4.97. The third-order valence-corrected chi connectivity index (χ3v) is 1.00. The number of hydrogen-bond donors (Lipinski definition) is 3. The minimum absolute atomic E-state index is 0.872. The van der Waals surface area contributed by atoms with Gasteiger partial charge in [0, 0.05) is 19.3 Å². The third kappa shape index (κ3) is 4.00. The standard InChI is InChI=1S/C6H15N3/c1-4-6(5-7-2)9-8-3/h4,7-9H,5H2,1-3H3/b6-4-. The molecule has 0 aromatic rings. The fraction of sp³-hybridized carbons (Fsp3) is 0.667. The van der Waals surface area contributed by atoms with E-state index in [9.17, 15) is 0 Å². The van der Waals surface area contributed by atoms with Crippen LogP contribution in [-0.4, -0.2) is 20.6 Å². The quantitative estimate of drug-likeness (QED) is 0.461. The summed E-state index contributed by atoms with van der Waals surface area (Å²) in [6.45, 7) is 2.87. The molecule has 0 unspecified atom stereocenters. The molecule has 0 saturated carbocycles. The molecule has 0 atom stereocenters. The lowest BCUT2D eigenvalue weighted by Gasteiger charge is -2.06. The lowest BCUT2D eigenvalue weighted by molar-refractivity contribution is 0.653. The Morgan fingerprint density at radius 1 is 1.44 bits per heavy atom. The van der Waals surface area contributed by atoms with Gasteiger partial charge in [-0.2, -0.15) is 0 Å². The topological polar surface area (TPSA) is 36.1 Å². The second-order valence-electron chi connectivity index (χ2n) is 1.72. The average molecular weight is 129 g/mol. The van der Waals surface area contributed by atoms with Gasteiger partial charge in [0.15, 0.2) is 0 Å². The van der Waals surface area contributed by atoms with Crippen LogP contribution in [0.15, 0.2) is 11.8 Å². The first kappa shape index (κ1) is 8.46. The number of hydrazine groups is 1. The molecule has 0 amide bonds. The van der Waals surface area contributed by atoms with Gasteiger partial charge in [0.1, 0.15) is 0 Å². The van der Waals surface area contributed by atoms with Crippen LogP contribution in [0.5, 0.6) is 0 Å². The molecule has 0 aliphatic rings. The van der Waals surface area contributed by atoms with Crippen LogP contribution >= 0.6 is 0 Å². The summed E-state index contributed by atoms with van der Waals surface area (Å²) in [6, 6.07) is 0. The van der Waals surface area contributed by atoms with Crippen molar-refractivity contribution in [3.05, 3.63) is 11.8 Å². The van der Waals surface area contributed by atoms with Gasteiger partial charge in [0.2, 0.25) is 0 Å². The summed E-state index contributed by atoms with van der Waals surface area (Å²) in [5.41, 5.74) is 6.98. The minimum Gasteiger partial charge on any atom is -0.325 e. The highest BCUT2D eigenvalue weighted by atomic mass is 15.3. The third-order valence-electron chi connectivity index (χ3n) is 1.00. The van der Waals surface area contributed by atoms with E-state index in [1.165, 1.54) is 0 Å². The molecule has 3 heteroatoms. The van der Waals surface area contributed by atoms with Gasteiger partial charge in [-0.3, -0.25) is 0 Å². The van der Waals surface area contributed by atoms with E-state index in [2.05, 4.69) is 16.2 Å². The molecule has 0 rings (SSSR count). The Kier molecular flexibility index (Phi) is 5.26. The van der Waals surface area contributed by atoms with Gasteiger partial charge < -0.3 is 10.7 Å². The Balaban J connectivity index is 3.43. The molecule has 54 valence electrons. The van der Waals surface area contributed by atoms with E-state index < -0.39 is 0 Å². The van der Waals surface area contributed by atoms with E-state index in [4.69, 9.17) is 0 Å². The Hall–Kier alpha value is -0.540. The lowest BCUT2D eigenvalue weighted by atomic mass is 10.4. The molecule has 0 aromatic heterocycles. The zero-order valence-electron chi connectivity index (χ0n) is 6.28. The van der Waals surface area contributed by atoms with Crippen molar-refractivity contribution >= 4 is 0 Å². The maximum Gasteiger partial charge on any atom is 0.0362 e. The molecule has 0 spiro atoms. The lowest BCUT2D eigenvalue weighted by Crippen LogP contribution is -2.31. The molecular weight excluding hydrogens is 114 g/mol. The van der Waals surface area contributed by atoms with Crippen LogP contribution in [0.4, 0.5) is 0 Å². The second kappa shape index (κ2) is 5.59. The van der Waals surface area contributed by atoms with Gasteiger partial charge in [0.25, 0.3) is 0 Å². The zero-order chi connectivity index (χ0) is 7.11. The van der Waals surface area contributed by atoms with Crippen LogP contribution in [0.2, 0.25) is 0 Å². The smallest absolute Gasteiger partial charge is 0.0362 e. The highest BCUT2D eigenvalue weighted by Crippen LogP contribution is 1.80. The van der Waals surface area contributed by atoms with Gasteiger partial charge in [0.05, 0.1) is 0 Å². The van der Waals surface area contributed by atoms with E-state index in [0.29, 0.717) is 0 Å². The molecule has 0 fully saturated rings. The molecule has 3 nitrogen and oxygen atoms in total. The summed E-state index contributed by atoms with van der Waals surface area (Å²) >= 11 is 0. The summed E-state index contributed by atoms with van der Waals surface area (Å²) in [4.78, 5) is 0. The first-order valence-corrected chi connectivity index (χ1v) is 3.07.